The maximum atomic E-state index is 11.8. The Bertz CT molecular complexity index is 363. The van der Waals surface area contributed by atoms with Gasteiger partial charge in [-0.05, 0) is 12.8 Å². The van der Waals surface area contributed by atoms with Crippen molar-refractivity contribution < 1.29 is 19.5 Å². The van der Waals surface area contributed by atoms with Crippen molar-refractivity contribution in [3.05, 3.63) is 0 Å². The molecule has 0 radical (unpaired) electrons. The van der Waals surface area contributed by atoms with Crippen LogP contribution in [-0.2, 0) is 14.4 Å². The number of aliphatic carboxylic acids is 1. The molecule has 2 amide bonds. The first kappa shape index (κ1) is 12.9. The van der Waals surface area contributed by atoms with Gasteiger partial charge in [0.2, 0.25) is 11.8 Å². The second-order valence-electron chi connectivity index (χ2n) is 5.00. The van der Waals surface area contributed by atoms with Gasteiger partial charge in [-0.2, -0.15) is 0 Å². The summed E-state index contributed by atoms with van der Waals surface area (Å²) < 4.78 is 0. The topological polar surface area (TPSA) is 86.7 Å². The predicted octanol–water partition coefficient (Wildman–Crippen LogP) is -0.0217. The summed E-state index contributed by atoms with van der Waals surface area (Å²) in [4.78, 5) is 35.7. The average molecular weight is 254 g/mol. The van der Waals surface area contributed by atoms with Gasteiger partial charge in [-0.15, -0.1) is 0 Å². The smallest absolute Gasteiger partial charge is 0.322 e. The van der Waals surface area contributed by atoms with Crippen LogP contribution in [0.2, 0.25) is 0 Å². The number of hydrogen-bond acceptors (Lipinski definition) is 3. The molecule has 1 unspecified atom stereocenters. The zero-order valence-electron chi connectivity index (χ0n) is 10.2. The van der Waals surface area contributed by atoms with E-state index in [0.717, 1.165) is 25.7 Å². The van der Waals surface area contributed by atoms with Gasteiger partial charge in [0.05, 0.1) is 5.92 Å². The summed E-state index contributed by atoms with van der Waals surface area (Å²) in [5, 5.41) is 10.8. The van der Waals surface area contributed by atoms with E-state index in [1.54, 1.807) is 4.90 Å². The van der Waals surface area contributed by atoms with Gasteiger partial charge in [-0.1, -0.05) is 12.8 Å². The molecule has 1 aliphatic carbocycles. The fraction of sp³-hybridized carbons (Fsp3) is 0.750. The van der Waals surface area contributed by atoms with Crippen molar-refractivity contribution >= 4 is 17.8 Å². The van der Waals surface area contributed by atoms with E-state index in [-0.39, 0.29) is 30.8 Å². The van der Waals surface area contributed by atoms with Crippen molar-refractivity contribution in [2.75, 3.05) is 13.1 Å². The molecular weight excluding hydrogens is 236 g/mol. The number of rotatable bonds is 4. The lowest BCUT2D eigenvalue weighted by Crippen LogP contribution is -2.38. The highest BCUT2D eigenvalue weighted by molar-refractivity contribution is 5.90. The van der Waals surface area contributed by atoms with E-state index in [0.29, 0.717) is 6.54 Å². The maximum absolute atomic E-state index is 11.8. The highest BCUT2D eigenvalue weighted by Gasteiger charge is 2.38. The quantitative estimate of drug-likeness (QED) is 0.738. The summed E-state index contributed by atoms with van der Waals surface area (Å²) in [6.07, 6.45) is 4.54. The zero-order chi connectivity index (χ0) is 13.1. The van der Waals surface area contributed by atoms with E-state index in [1.165, 1.54) is 0 Å². The van der Waals surface area contributed by atoms with Crippen molar-refractivity contribution in [1.82, 2.24) is 10.2 Å². The summed E-state index contributed by atoms with van der Waals surface area (Å²) in [6, 6.07) is 0.287. The van der Waals surface area contributed by atoms with E-state index in [2.05, 4.69) is 5.32 Å². The van der Waals surface area contributed by atoms with Crippen LogP contribution in [0, 0.1) is 5.92 Å². The average Bonchev–Trinajstić information content (AvgIpc) is 2.94. The Morgan fingerprint density at radius 2 is 2.00 bits per heavy atom. The minimum Gasteiger partial charge on any atom is -0.480 e. The monoisotopic (exact) mass is 254 g/mol. The standard InChI is InChI=1S/C12H18N2O4/c15-10-5-8(12(18)13-6-11(16)17)7-14(10)9-3-1-2-4-9/h8-9H,1-7H2,(H,13,18)(H,16,17). The predicted molar refractivity (Wildman–Crippen MR) is 62.7 cm³/mol. The summed E-state index contributed by atoms with van der Waals surface area (Å²) in [5.74, 6) is -1.76. The Kier molecular flexibility index (Phi) is 3.84. The van der Waals surface area contributed by atoms with E-state index in [1.807, 2.05) is 0 Å². The van der Waals surface area contributed by atoms with Gasteiger partial charge in [0.25, 0.3) is 0 Å². The largest absolute Gasteiger partial charge is 0.480 e. The van der Waals surface area contributed by atoms with Crippen LogP contribution in [0.25, 0.3) is 0 Å². The summed E-state index contributed by atoms with van der Waals surface area (Å²) in [5.41, 5.74) is 0. The van der Waals surface area contributed by atoms with Crippen LogP contribution in [0.15, 0.2) is 0 Å². The molecule has 0 aromatic carbocycles. The van der Waals surface area contributed by atoms with Crippen LogP contribution in [0.3, 0.4) is 0 Å². The van der Waals surface area contributed by atoms with E-state index in [4.69, 9.17) is 5.11 Å². The van der Waals surface area contributed by atoms with Crippen molar-refractivity contribution in [1.29, 1.82) is 0 Å². The second kappa shape index (κ2) is 5.37. The second-order valence-corrected chi connectivity index (χ2v) is 5.00. The van der Waals surface area contributed by atoms with E-state index >= 15 is 0 Å². The van der Waals surface area contributed by atoms with Crippen molar-refractivity contribution in [3.63, 3.8) is 0 Å². The third kappa shape index (κ3) is 2.80. The number of likely N-dealkylation sites (tertiary alicyclic amines) is 1. The van der Waals surface area contributed by atoms with Gasteiger partial charge >= 0.3 is 5.97 Å². The van der Waals surface area contributed by atoms with Gasteiger partial charge in [0, 0.05) is 19.0 Å². The lowest BCUT2D eigenvalue weighted by molar-refractivity contribution is -0.138. The molecule has 0 aromatic rings. The highest BCUT2D eigenvalue weighted by atomic mass is 16.4. The lowest BCUT2D eigenvalue weighted by Gasteiger charge is -2.23. The number of carbonyl (C=O) groups is 3. The van der Waals surface area contributed by atoms with Gasteiger partial charge in [-0.3, -0.25) is 14.4 Å². The number of carboxylic acids is 1. The molecule has 0 bridgehead atoms. The van der Waals surface area contributed by atoms with Gasteiger partial charge in [-0.25, -0.2) is 0 Å². The van der Waals surface area contributed by atoms with Crippen molar-refractivity contribution in [2.45, 2.75) is 38.1 Å². The Hall–Kier alpha value is -1.59. The maximum Gasteiger partial charge on any atom is 0.322 e. The Balaban J connectivity index is 1.87. The van der Waals surface area contributed by atoms with Crippen molar-refractivity contribution in [3.8, 4) is 0 Å². The number of hydrogen-bond donors (Lipinski definition) is 2. The molecule has 2 rings (SSSR count). The molecule has 1 saturated carbocycles. The van der Waals surface area contributed by atoms with Crippen LogP contribution in [0.5, 0.6) is 0 Å². The first-order valence-corrected chi connectivity index (χ1v) is 6.37. The van der Waals surface area contributed by atoms with Crippen LogP contribution in [-0.4, -0.2) is 46.9 Å². The van der Waals surface area contributed by atoms with Gasteiger partial charge in [0.15, 0.2) is 0 Å². The van der Waals surface area contributed by atoms with Gasteiger partial charge in [0.1, 0.15) is 6.54 Å². The Labute approximate surface area is 105 Å². The third-order valence-electron chi connectivity index (χ3n) is 3.71. The molecule has 18 heavy (non-hydrogen) atoms. The molecule has 2 N–H and O–H groups in total. The molecule has 1 atom stereocenters. The number of nitrogens with zero attached hydrogens (tertiary/aromatic N) is 1. The van der Waals surface area contributed by atoms with Crippen molar-refractivity contribution in [2.24, 2.45) is 5.92 Å². The summed E-state index contributed by atoms with van der Waals surface area (Å²) in [7, 11) is 0. The zero-order valence-corrected chi connectivity index (χ0v) is 10.2. The fourth-order valence-electron chi connectivity index (χ4n) is 2.78. The molecule has 2 fully saturated rings. The van der Waals surface area contributed by atoms with Crippen LogP contribution >= 0.6 is 0 Å². The molecule has 1 heterocycles. The van der Waals surface area contributed by atoms with Gasteiger partial charge < -0.3 is 15.3 Å². The summed E-state index contributed by atoms with van der Waals surface area (Å²) in [6.45, 7) is 0.0574. The Morgan fingerprint density at radius 3 is 2.61 bits per heavy atom. The minimum atomic E-state index is -1.07. The molecule has 1 aliphatic heterocycles. The first-order chi connectivity index (χ1) is 8.58. The molecule has 6 nitrogen and oxygen atoms in total. The van der Waals surface area contributed by atoms with Crippen LogP contribution in [0.1, 0.15) is 32.1 Å². The normalized spacial score (nSPS) is 24.6. The van der Waals surface area contributed by atoms with Crippen LogP contribution < -0.4 is 5.32 Å². The third-order valence-corrected chi connectivity index (χ3v) is 3.71. The number of carbonyl (C=O) groups excluding carboxylic acids is 2. The lowest BCUT2D eigenvalue weighted by atomic mass is 10.1. The summed E-state index contributed by atoms with van der Waals surface area (Å²) >= 11 is 0. The molecule has 2 aliphatic rings. The molecule has 1 saturated heterocycles. The molecular formula is C12H18N2O4. The number of nitrogens with one attached hydrogen (secondary N) is 1. The Morgan fingerprint density at radius 1 is 1.33 bits per heavy atom. The van der Waals surface area contributed by atoms with E-state index in [9.17, 15) is 14.4 Å². The molecule has 0 aromatic heterocycles. The molecule has 100 valence electrons. The van der Waals surface area contributed by atoms with Crippen LogP contribution in [0.4, 0.5) is 0 Å². The minimum absolute atomic E-state index is 0.0253. The molecule has 6 heteroatoms. The number of amides is 2. The SMILES string of the molecule is O=C(O)CNC(=O)C1CC(=O)N(C2CCCC2)C1. The number of carboxylic acid groups (broad SMARTS) is 1. The van der Waals surface area contributed by atoms with E-state index < -0.39 is 11.9 Å². The first-order valence-electron chi connectivity index (χ1n) is 6.37. The highest BCUT2D eigenvalue weighted by Crippen LogP contribution is 2.29. The molecule has 0 spiro atoms. The fourth-order valence-corrected chi connectivity index (χ4v) is 2.78.